The number of urea groups is 1. The summed E-state index contributed by atoms with van der Waals surface area (Å²) in [5, 5.41) is 0. The van der Waals surface area contributed by atoms with E-state index in [1.807, 2.05) is 50.2 Å². The second-order valence-electron chi connectivity index (χ2n) is 7.56. The molecule has 0 bridgehead atoms. The molecule has 0 saturated heterocycles. The van der Waals surface area contributed by atoms with Gasteiger partial charge in [0.15, 0.2) is 0 Å². The maximum atomic E-state index is 12.8. The summed E-state index contributed by atoms with van der Waals surface area (Å²) in [5.41, 5.74) is 14.0. The van der Waals surface area contributed by atoms with Crippen molar-refractivity contribution in [3.63, 3.8) is 0 Å². The Kier molecular flexibility index (Phi) is 4.17. The standard InChI is InChI=1S/C25H21N3O2/c1-15-13-17(14-22(16(15)2)24-27-11-12-30-24)28(25(26)29)23-20-9-5-3-7-18(20)19-8-4-6-10-21(19)23/h3-14,23H,1-2H3,(H2,26,29). The number of carbonyl (C=O) groups excluding carboxylic acids is 1. The number of nitrogens with two attached hydrogens (primary N) is 1. The van der Waals surface area contributed by atoms with Crippen molar-refractivity contribution in [2.24, 2.45) is 5.73 Å². The summed E-state index contributed by atoms with van der Waals surface area (Å²) in [4.78, 5) is 18.8. The van der Waals surface area contributed by atoms with E-state index in [1.165, 1.54) is 0 Å². The number of hydrogen-bond acceptors (Lipinski definition) is 3. The topological polar surface area (TPSA) is 72.4 Å². The van der Waals surface area contributed by atoms with Crippen LogP contribution in [0.15, 0.2) is 77.5 Å². The lowest BCUT2D eigenvalue weighted by Crippen LogP contribution is -2.39. The lowest BCUT2D eigenvalue weighted by molar-refractivity contribution is 0.252. The van der Waals surface area contributed by atoms with E-state index in [9.17, 15) is 4.79 Å². The van der Waals surface area contributed by atoms with Crippen molar-refractivity contribution < 1.29 is 9.21 Å². The number of carbonyl (C=O) groups is 1. The van der Waals surface area contributed by atoms with Crippen LogP contribution in [0.1, 0.15) is 28.3 Å². The van der Waals surface area contributed by atoms with Gasteiger partial charge in [0.1, 0.15) is 6.26 Å². The van der Waals surface area contributed by atoms with E-state index in [1.54, 1.807) is 17.4 Å². The van der Waals surface area contributed by atoms with Crippen LogP contribution < -0.4 is 10.6 Å². The Hall–Kier alpha value is -3.86. The van der Waals surface area contributed by atoms with E-state index in [2.05, 4.69) is 29.2 Å². The molecule has 5 rings (SSSR count). The number of aryl methyl sites for hydroxylation is 1. The second kappa shape index (κ2) is 6.88. The summed E-state index contributed by atoms with van der Waals surface area (Å²) in [6.45, 7) is 4.04. The molecule has 2 amide bonds. The van der Waals surface area contributed by atoms with Crippen LogP contribution in [-0.4, -0.2) is 11.0 Å². The number of fused-ring (bicyclic) bond motifs is 3. The first-order chi connectivity index (χ1) is 14.6. The molecule has 1 aliphatic carbocycles. The Morgan fingerprint density at radius 3 is 2.17 bits per heavy atom. The maximum absolute atomic E-state index is 12.8. The van der Waals surface area contributed by atoms with E-state index in [0.717, 1.165) is 44.6 Å². The van der Waals surface area contributed by atoms with Crippen molar-refractivity contribution in [1.82, 2.24) is 4.98 Å². The molecule has 0 atom stereocenters. The van der Waals surface area contributed by atoms with Crippen molar-refractivity contribution in [2.45, 2.75) is 19.9 Å². The van der Waals surface area contributed by atoms with E-state index in [-0.39, 0.29) is 6.04 Å². The number of rotatable bonds is 3. The van der Waals surface area contributed by atoms with Gasteiger partial charge in [-0.05, 0) is 59.4 Å². The first-order valence-electron chi connectivity index (χ1n) is 9.84. The highest BCUT2D eigenvalue weighted by Crippen LogP contribution is 2.48. The summed E-state index contributed by atoms with van der Waals surface area (Å²) >= 11 is 0. The predicted molar refractivity (Wildman–Crippen MR) is 117 cm³/mol. The van der Waals surface area contributed by atoms with Crippen LogP contribution in [0.2, 0.25) is 0 Å². The fraction of sp³-hybridized carbons (Fsp3) is 0.120. The smallest absolute Gasteiger partial charge is 0.320 e. The van der Waals surface area contributed by atoms with Crippen molar-refractivity contribution in [2.75, 3.05) is 4.90 Å². The van der Waals surface area contributed by atoms with Gasteiger partial charge in [0.25, 0.3) is 0 Å². The molecule has 4 aromatic rings. The molecule has 148 valence electrons. The number of anilines is 1. The SMILES string of the molecule is Cc1cc(N(C(N)=O)C2c3ccccc3-c3ccccc32)cc(-c2ncco2)c1C. The van der Waals surface area contributed by atoms with Gasteiger partial charge < -0.3 is 10.2 Å². The molecule has 30 heavy (non-hydrogen) atoms. The highest BCUT2D eigenvalue weighted by atomic mass is 16.3. The van der Waals surface area contributed by atoms with E-state index >= 15 is 0 Å². The van der Waals surface area contributed by atoms with Crippen LogP contribution in [0.3, 0.4) is 0 Å². The zero-order valence-electron chi connectivity index (χ0n) is 16.8. The normalized spacial score (nSPS) is 12.5. The van der Waals surface area contributed by atoms with E-state index in [4.69, 9.17) is 10.2 Å². The van der Waals surface area contributed by atoms with Crippen LogP contribution in [0, 0.1) is 13.8 Å². The second-order valence-corrected chi connectivity index (χ2v) is 7.56. The number of benzene rings is 3. The van der Waals surface area contributed by atoms with Gasteiger partial charge in [0, 0.05) is 11.3 Å². The van der Waals surface area contributed by atoms with Crippen LogP contribution in [-0.2, 0) is 0 Å². The molecule has 0 saturated carbocycles. The van der Waals surface area contributed by atoms with Crippen LogP contribution in [0.5, 0.6) is 0 Å². The molecule has 1 heterocycles. The van der Waals surface area contributed by atoms with Gasteiger partial charge in [-0.1, -0.05) is 48.5 Å². The molecule has 0 aliphatic heterocycles. The number of nitrogens with zero attached hydrogens (tertiary/aromatic N) is 2. The molecule has 1 aliphatic rings. The number of primary amides is 1. The first-order valence-corrected chi connectivity index (χ1v) is 9.84. The lowest BCUT2D eigenvalue weighted by Gasteiger charge is -2.30. The average Bonchev–Trinajstić information content (AvgIpc) is 3.38. The third kappa shape index (κ3) is 2.70. The van der Waals surface area contributed by atoms with Gasteiger partial charge in [0.2, 0.25) is 5.89 Å². The first kappa shape index (κ1) is 18.2. The predicted octanol–water partition coefficient (Wildman–Crippen LogP) is 5.61. The Balaban J connectivity index is 1.73. The molecular weight excluding hydrogens is 374 g/mol. The molecule has 0 fully saturated rings. The molecule has 0 spiro atoms. The zero-order chi connectivity index (χ0) is 20.8. The molecule has 5 heteroatoms. The quantitative estimate of drug-likeness (QED) is 0.490. The van der Waals surface area contributed by atoms with Gasteiger partial charge in [-0.15, -0.1) is 0 Å². The molecule has 3 aromatic carbocycles. The third-order valence-corrected chi connectivity index (χ3v) is 5.89. The molecule has 0 radical (unpaired) electrons. The van der Waals surface area contributed by atoms with Gasteiger partial charge in [-0.25, -0.2) is 9.78 Å². The number of amides is 2. The molecule has 1 aromatic heterocycles. The van der Waals surface area contributed by atoms with Crippen LogP contribution >= 0.6 is 0 Å². The largest absolute Gasteiger partial charge is 0.445 e. The summed E-state index contributed by atoms with van der Waals surface area (Å²) in [6.07, 6.45) is 3.16. The number of oxazole rings is 1. The number of aromatic nitrogens is 1. The van der Waals surface area contributed by atoms with Crippen molar-refractivity contribution in [3.8, 4) is 22.6 Å². The Morgan fingerprint density at radius 1 is 0.967 bits per heavy atom. The van der Waals surface area contributed by atoms with Crippen LogP contribution in [0.25, 0.3) is 22.6 Å². The highest BCUT2D eigenvalue weighted by Gasteiger charge is 2.35. The highest BCUT2D eigenvalue weighted by molar-refractivity contribution is 5.96. The van der Waals surface area contributed by atoms with Gasteiger partial charge in [-0.3, -0.25) is 4.90 Å². The van der Waals surface area contributed by atoms with Gasteiger partial charge >= 0.3 is 6.03 Å². The third-order valence-electron chi connectivity index (χ3n) is 5.89. The Morgan fingerprint density at radius 2 is 1.60 bits per heavy atom. The summed E-state index contributed by atoms with van der Waals surface area (Å²) in [7, 11) is 0. The minimum absolute atomic E-state index is 0.297. The fourth-order valence-corrected chi connectivity index (χ4v) is 4.37. The summed E-state index contributed by atoms with van der Waals surface area (Å²) in [6, 6.07) is 19.5. The van der Waals surface area contributed by atoms with E-state index < -0.39 is 6.03 Å². The average molecular weight is 395 g/mol. The fourth-order valence-electron chi connectivity index (χ4n) is 4.37. The van der Waals surface area contributed by atoms with Gasteiger partial charge in [-0.2, -0.15) is 0 Å². The minimum atomic E-state index is -0.506. The van der Waals surface area contributed by atoms with Gasteiger partial charge in [0.05, 0.1) is 12.2 Å². The molecule has 5 nitrogen and oxygen atoms in total. The Labute approximate surface area is 174 Å². The summed E-state index contributed by atoms with van der Waals surface area (Å²) < 4.78 is 5.54. The monoisotopic (exact) mass is 395 g/mol. The van der Waals surface area contributed by atoms with Crippen LogP contribution in [0.4, 0.5) is 10.5 Å². The number of hydrogen-bond donors (Lipinski definition) is 1. The Bertz CT molecular complexity index is 1220. The zero-order valence-corrected chi connectivity index (χ0v) is 16.8. The van der Waals surface area contributed by atoms with E-state index in [0.29, 0.717) is 5.89 Å². The molecular formula is C25H21N3O2. The molecule has 2 N–H and O–H groups in total. The minimum Gasteiger partial charge on any atom is -0.445 e. The van der Waals surface area contributed by atoms with Crippen molar-refractivity contribution in [1.29, 1.82) is 0 Å². The van der Waals surface area contributed by atoms with Crippen molar-refractivity contribution in [3.05, 3.63) is 95.4 Å². The van der Waals surface area contributed by atoms with Crippen molar-refractivity contribution >= 4 is 11.7 Å². The maximum Gasteiger partial charge on any atom is 0.320 e. The summed E-state index contributed by atoms with van der Waals surface area (Å²) in [5.74, 6) is 0.522. The molecule has 0 unspecified atom stereocenters. The lowest BCUT2D eigenvalue weighted by atomic mass is 9.98.